The van der Waals surface area contributed by atoms with Crippen molar-refractivity contribution in [1.29, 1.82) is 0 Å². The van der Waals surface area contributed by atoms with Gasteiger partial charge in [-0.15, -0.1) is 0 Å². The molecule has 4 atom stereocenters. The molecule has 1 heterocycles. The second kappa shape index (κ2) is 6.20. The fraction of sp³-hybridized carbons (Fsp3) is 0.520. The summed E-state index contributed by atoms with van der Waals surface area (Å²) in [5.74, 6) is 1.39. The highest BCUT2D eigenvalue weighted by molar-refractivity contribution is 7.59. The Balaban J connectivity index is 1.89. The van der Waals surface area contributed by atoms with Crippen molar-refractivity contribution in [3.05, 3.63) is 70.8 Å². The Hall–Kier alpha value is -1.13. The second-order valence-electron chi connectivity index (χ2n) is 10.3. The van der Waals surface area contributed by atoms with Crippen molar-refractivity contribution < 1.29 is 0 Å². The molecule has 2 aliphatic rings. The highest BCUT2D eigenvalue weighted by atomic mass is 31.1. The van der Waals surface area contributed by atoms with Gasteiger partial charge < -0.3 is 0 Å². The molecule has 138 valence electrons. The molecule has 1 aliphatic heterocycles. The molecule has 26 heavy (non-hydrogen) atoms. The van der Waals surface area contributed by atoms with Gasteiger partial charge in [0.15, 0.2) is 0 Å². The average Bonchev–Trinajstić information content (AvgIpc) is 3.12. The van der Waals surface area contributed by atoms with Crippen molar-refractivity contribution in [2.75, 3.05) is 0 Å². The average molecular weight is 365 g/mol. The number of benzene rings is 2. The van der Waals surface area contributed by atoms with Crippen LogP contribution in [0.2, 0.25) is 0 Å². The minimum atomic E-state index is -0.0857. The molecule has 0 fully saturated rings. The van der Waals surface area contributed by atoms with E-state index in [-0.39, 0.29) is 7.92 Å². The van der Waals surface area contributed by atoms with Crippen LogP contribution in [0.3, 0.4) is 0 Å². The smallest absolute Gasteiger partial charge is 0.0124 e. The standard InChI is InChI=1S/C25H33P/c1-24(2,3)21-15-17-11-7-9-13-19(17)22(21)23-20-14-10-8-12-18(20)16-26(23)25(4,5)6/h7-14,21-23H,15-16H2,1-6H3/t21-,22-,23?,26?/m0/s1. The third-order valence-electron chi connectivity index (χ3n) is 6.65. The largest absolute Gasteiger partial charge is 0.0883 e. The predicted molar refractivity (Wildman–Crippen MR) is 115 cm³/mol. The molecule has 2 aromatic carbocycles. The van der Waals surface area contributed by atoms with Gasteiger partial charge in [-0.3, -0.25) is 0 Å². The van der Waals surface area contributed by atoms with Crippen molar-refractivity contribution in [3.8, 4) is 0 Å². The van der Waals surface area contributed by atoms with E-state index in [1.54, 1.807) is 22.3 Å². The number of hydrogen-bond acceptors (Lipinski definition) is 0. The van der Waals surface area contributed by atoms with Crippen molar-refractivity contribution in [2.45, 2.75) is 70.9 Å². The number of fused-ring (bicyclic) bond motifs is 2. The minimum absolute atomic E-state index is 0.0857. The van der Waals surface area contributed by atoms with Gasteiger partial charge in [0.25, 0.3) is 0 Å². The van der Waals surface area contributed by atoms with Gasteiger partial charge in [-0.25, -0.2) is 0 Å². The molecule has 1 aliphatic carbocycles. The fourth-order valence-electron chi connectivity index (χ4n) is 5.32. The monoisotopic (exact) mass is 364 g/mol. The van der Waals surface area contributed by atoms with Gasteiger partial charge in [-0.1, -0.05) is 98.0 Å². The van der Waals surface area contributed by atoms with E-state index in [0.29, 0.717) is 22.1 Å². The van der Waals surface area contributed by atoms with E-state index in [0.717, 1.165) is 5.92 Å². The Morgan fingerprint density at radius 3 is 1.96 bits per heavy atom. The van der Waals surface area contributed by atoms with E-state index in [1.165, 1.54) is 12.6 Å². The summed E-state index contributed by atoms with van der Waals surface area (Å²) in [6.07, 6.45) is 2.55. The van der Waals surface area contributed by atoms with Crippen molar-refractivity contribution in [2.24, 2.45) is 11.3 Å². The maximum absolute atomic E-state index is 2.48. The van der Waals surface area contributed by atoms with Crippen molar-refractivity contribution in [3.63, 3.8) is 0 Å². The van der Waals surface area contributed by atoms with Gasteiger partial charge in [0.2, 0.25) is 0 Å². The molecule has 2 aromatic rings. The van der Waals surface area contributed by atoms with Crippen LogP contribution in [-0.2, 0) is 12.6 Å². The van der Waals surface area contributed by atoms with E-state index in [4.69, 9.17) is 0 Å². The molecule has 0 bridgehead atoms. The molecule has 1 heteroatoms. The maximum atomic E-state index is 2.48. The quantitative estimate of drug-likeness (QED) is 0.459. The van der Waals surface area contributed by atoms with Crippen LogP contribution in [0.4, 0.5) is 0 Å². The summed E-state index contributed by atoms with van der Waals surface area (Å²) in [7, 11) is -0.0857. The van der Waals surface area contributed by atoms with E-state index in [9.17, 15) is 0 Å². The van der Waals surface area contributed by atoms with E-state index >= 15 is 0 Å². The van der Waals surface area contributed by atoms with Crippen LogP contribution in [0.1, 0.15) is 75.4 Å². The first-order chi connectivity index (χ1) is 12.2. The lowest BCUT2D eigenvalue weighted by Gasteiger charge is -2.42. The van der Waals surface area contributed by atoms with Gasteiger partial charge in [0, 0.05) is 5.66 Å². The number of hydrogen-bond donors (Lipinski definition) is 0. The molecular weight excluding hydrogens is 331 g/mol. The summed E-state index contributed by atoms with van der Waals surface area (Å²) in [6.45, 7) is 14.8. The van der Waals surface area contributed by atoms with Crippen molar-refractivity contribution in [1.82, 2.24) is 0 Å². The van der Waals surface area contributed by atoms with Gasteiger partial charge in [-0.2, -0.15) is 0 Å². The Bertz CT molecular complexity index is 736. The zero-order valence-corrected chi connectivity index (χ0v) is 18.1. The molecule has 0 saturated carbocycles. The SMILES string of the molecule is CC(C)(C)[C@H]1Cc2ccccc2[C@@H]1C1c2ccccc2CP1C(C)(C)C. The first-order valence-electron chi connectivity index (χ1n) is 10.1. The van der Waals surface area contributed by atoms with Gasteiger partial charge >= 0.3 is 0 Å². The summed E-state index contributed by atoms with van der Waals surface area (Å²) in [4.78, 5) is 0. The molecule has 0 N–H and O–H groups in total. The molecule has 0 amide bonds. The Morgan fingerprint density at radius 2 is 1.35 bits per heavy atom. The summed E-state index contributed by atoms with van der Waals surface area (Å²) >= 11 is 0. The molecule has 0 aromatic heterocycles. The number of rotatable bonds is 1. The van der Waals surface area contributed by atoms with E-state index in [1.807, 2.05) is 0 Å². The van der Waals surface area contributed by atoms with Crippen LogP contribution in [0.5, 0.6) is 0 Å². The summed E-state index contributed by atoms with van der Waals surface area (Å²) in [5.41, 5.74) is 7.56. The lowest BCUT2D eigenvalue weighted by Crippen LogP contribution is -2.28. The lowest BCUT2D eigenvalue weighted by molar-refractivity contribution is 0.211. The Labute approximate surface area is 161 Å². The molecule has 0 spiro atoms. The molecule has 4 rings (SSSR count). The van der Waals surface area contributed by atoms with Crippen LogP contribution in [0.25, 0.3) is 0 Å². The molecular formula is C25H33P. The summed E-state index contributed by atoms with van der Waals surface area (Å²) in [5, 5.41) is 0.388. The molecule has 0 saturated heterocycles. The normalized spacial score (nSPS) is 28.1. The zero-order chi connectivity index (χ0) is 18.7. The van der Waals surface area contributed by atoms with Crippen LogP contribution >= 0.6 is 7.92 Å². The van der Waals surface area contributed by atoms with Crippen LogP contribution in [0.15, 0.2) is 48.5 Å². The third-order valence-corrected chi connectivity index (χ3v) is 10.3. The highest BCUT2D eigenvalue weighted by Crippen LogP contribution is 2.74. The van der Waals surface area contributed by atoms with Gasteiger partial charge in [0.1, 0.15) is 0 Å². The van der Waals surface area contributed by atoms with Crippen molar-refractivity contribution >= 4 is 7.92 Å². The molecule has 2 unspecified atom stereocenters. The lowest BCUT2D eigenvalue weighted by atomic mass is 9.71. The summed E-state index contributed by atoms with van der Waals surface area (Å²) < 4.78 is 0. The van der Waals surface area contributed by atoms with Gasteiger partial charge in [0.05, 0.1) is 0 Å². The first kappa shape index (κ1) is 18.2. The molecule has 0 radical (unpaired) electrons. The fourth-order valence-corrected chi connectivity index (χ4v) is 8.82. The maximum Gasteiger partial charge on any atom is 0.0124 e. The highest BCUT2D eigenvalue weighted by Gasteiger charge is 2.50. The first-order valence-corrected chi connectivity index (χ1v) is 11.7. The van der Waals surface area contributed by atoms with E-state index < -0.39 is 0 Å². The molecule has 0 nitrogen and oxygen atoms in total. The predicted octanol–water partition coefficient (Wildman–Crippen LogP) is 7.52. The van der Waals surface area contributed by atoms with Crippen LogP contribution in [-0.4, -0.2) is 5.16 Å². The Kier molecular flexibility index (Phi) is 4.35. The Morgan fingerprint density at radius 1 is 0.769 bits per heavy atom. The third kappa shape index (κ3) is 2.95. The van der Waals surface area contributed by atoms with Gasteiger partial charge in [-0.05, 0) is 57.2 Å². The van der Waals surface area contributed by atoms with Crippen LogP contribution in [0, 0.1) is 11.3 Å². The van der Waals surface area contributed by atoms with E-state index in [2.05, 4.69) is 90.1 Å². The minimum Gasteiger partial charge on any atom is -0.0883 e. The zero-order valence-electron chi connectivity index (χ0n) is 17.2. The summed E-state index contributed by atoms with van der Waals surface area (Å²) in [6, 6.07) is 18.6. The second-order valence-corrected chi connectivity index (χ2v) is 13.5. The topological polar surface area (TPSA) is 0 Å². The van der Waals surface area contributed by atoms with Crippen LogP contribution < -0.4 is 0 Å².